The Morgan fingerprint density at radius 2 is 2.09 bits per heavy atom. The molecular formula is C18H25N3O. The van der Waals surface area contributed by atoms with Crippen LogP contribution in [-0.4, -0.2) is 18.5 Å². The van der Waals surface area contributed by atoms with Gasteiger partial charge in [0, 0.05) is 11.7 Å². The third-order valence-electron chi connectivity index (χ3n) is 4.40. The van der Waals surface area contributed by atoms with Gasteiger partial charge in [0.15, 0.2) is 0 Å². The highest BCUT2D eigenvalue weighted by Crippen LogP contribution is 2.29. The van der Waals surface area contributed by atoms with Gasteiger partial charge in [0.25, 0.3) is 0 Å². The van der Waals surface area contributed by atoms with Gasteiger partial charge in [0.1, 0.15) is 0 Å². The summed E-state index contributed by atoms with van der Waals surface area (Å²) in [6.07, 6.45) is 7.27. The van der Waals surface area contributed by atoms with E-state index in [2.05, 4.69) is 23.6 Å². The molecule has 4 heteroatoms. The molecule has 4 nitrogen and oxygen atoms in total. The Morgan fingerprint density at radius 3 is 2.77 bits per heavy atom. The average molecular weight is 299 g/mol. The summed E-state index contributed by atoms with van der Waals surface area (Å²) in [5.74, 6) is 0.705. The van der Waals surface area contributed by atoms with E-state index < -0.39 is 0 Å². The Morgan fingerprint density at radius 1 is 1.32 bits per heavy atom. The predicted octanol–water partition coefficient (Wildman–Crippen LogP) is 3.45. The van der Waals surface area contributed by atoms with Gasteiger partial charge in [-0.15, -0.1) is 0 Å². The van der Waals surface area contributed by atoms with E-state index in [1.807, 2.05) is 12.1 Å². The highest BCUT2D eigenvalue weighted by atomic mass is 16.2. The van der Waals surface area contributed by atoms with E-state index in [-0.39, 0.29) is 12.5 Å². The molecule has 1 amide bonds. The van der Waals surface area contributed by atoms with Crippen LogP contribution in [0, 0.1) is 17.2 Å². The molecule has 1 aromatic carbocycles. The monoisotopic (exact) mass is 299 g/mol. The molecule has 2 rings (SSSR count). The van der Waals surface area contributed by atoms with Crippen molar-refractivity contribution in [3.8, 4) is 6.07 Å². The van der Waals surface area contributed by atoms with E-state index in [4.69, 9.17) is 5.26 Å². The molecule has 1 aliphatic rings. The third-order valence-corrected chi connectivity index (χ3v) is 4.40. The van der Waals surface area contributed by atoms with E-state index in [0.717, 1.165) is 12.1 Å². The molecule has 2 N–H and O–H groups in total. The van der Waals surface area contributed by atoms with E-state index in [1.54, 1.807) is 12.1 Å². The number of rotatable bonds is 7. The van der Waals surface area contributed by atoms with Crippen molar-refractivity contribution in [1.82, 2.24) is 5.32 Å². The van der Waals surface area contributed by atoms with E-state index >= 15 is 0 Å². The molecule has 0 spiro atoms. The number of hydrogen-bond donors (Lipinski definition) is 2. The van der Waals surface area contributed by atoms with Gasteiger partial charge < -0.3 is 10.6 Å². The summed E-state index contributed by atoms with van der Waals surface area (Å²) in [4.78, 5) is 12.1. The molecular weight excluding hydrogens is 274 g/mol. The Balaban J connectivity index is 1.76. The van der Waals surface area contributed by atoms with Crippen LogP contribution in [0.15, 0.2) is 24.3 Å². The molecule has 1 aromatic rings. The van der Waals surface area contributed by atoms with Crippen molar-refractivity contribution in [2.45, 2.75) is 51.5 Å². The maximum atomic E-state index is 12.1. The van der Waals surface area contributed by atoms with E-state index in [9.17, 15) is 4.79 Å². The predicted molar refractivity (Wildman–Crippen MR) is 88.4 cm³/mol. The third kappa shape index (κ3) is 4.77. The van der Waals surface area contributed by atoms with Crippen molar-refractivity contribution < 1.29 is 4.79 Å². The molecule has 0 radical (unpaired) electrons. The van der Waals surface area contributed by atoms with Crippen LogP contribution in [0.2, 0.25) is 0 Å². The van der Waals surface area contributed by atoms with Crippen LogP contribution in [0.25, 0.3) is 0 Å². The molecule has 0 heterocycles. The van der Waals surface area contributed by atoms with Crippen molar-refractivity contribution in [3.05, 3.63) is 29.8 Å². The van der Waals surface area contributed by atoms with Gasteiger partial charge in [0.2, 0.25) is 5.91 Å². The second-order valence-electron chi connectivity index (χ2n) is 6.05. The molecule has 2 atom stereocenters. The Bertz CT molecular complexity index is 518. The minimum absolute atomic E-state index is 0.0535. The number of carbonyl (C=O) groups excluding carboxylic acids is 1. The Kier molecular flexibility index (Phi) is 6.27. The number of hydrogen-bond acceptors (Lipinski definition) is 3. The molecule has 2 unspecified atom stereocenters. The summed E-state index contributed by atoms with van der Waals surface area (Å²) in [5, 5.41) is 15.0. The first kappa shape index (κ1) is 16.4. The van der Waals surface area contributed by atoms with Crippen LogP contribution in [0.3, 0.4) is 0 Å². The zero-order chi connectivity index (χ0) is 15.8. The number of unbranched alkanes of at least 4 members (excludes halogenated alkanes) is 1. The second kappa shape index (κ2) is 8.43. The molecule has 0 aromatic heterocycles. The van der Waals surface area contributed by atoms with Crippen LogP contribution in [0.4, 0.5) is 5.69 Å². The van der Waals surface area contributed by atoms with Crippen molar-refractivity contribution in [2.24, 2.45) is 5.92 Å². The number of nitriles is 1. The lowest BCUT2D eigenvalue weighted by Gasteiger charge is -2.21. The lowest BCUT2D eigenvalue weighted by Crippen LogP contribution is -2.40. The molecule has 118 valence electrons. The normalized spacial score (nSPS) is 20.4. The van der Waals surface area contributed by atoms with Gasteiger partial charge in [-0.3, -0.25) is 4.79 Å². The van der Waals surface area contributed by atoms with Gasteiger partial charge in [-0.25, -0.2) is 0 Å². The molecule has 1 aliphatic carbocycles. The summed E-state index contributed by atoms with van der Waals surface area (Å²) < 4.78 is 0. The first-order chi connectivity index (χ1) is 10.7. The van der Waals surface area contributed by atoms with Crippen LogP contribution in [0.1, 0.15) is 51.0 Å². The van der Waals surface area contributed by atoms with Gasteiger partial charge >= 0.3 is 0 Å². The molecule has 1 saturated carbocycles. The summed E-state index contributed by atoms with van der Waals surface area (Å²) in [6, 6.07) is 9.58. The second-order valence-corrected chi connectivity index (χ2v) is 6.05. The zero-order valence-corrected chi connectivity index (χ0v) is 13.3. The largest absolute Gasteiger partial charge is 0.376 e. The molecule has 1 fully saturated rings. The quantitative estimate of drug-likeness (QED) is 0.810. The fourth-order valence-electron chi connectivity index (χ4n) is 3.14. The highest BCUT2D eigenvalue weighted by molar-refractivity contribution is 5.81. The SMILES string of the molecule is CCCCC1CCCC1NC(=O)CNc1ccc(C#N)cc1. The number of benzene rings is 1. The number of nitrogens with one attached hydrogen (secondary N) is 2. The lowest BCUT2D eigenvalue weighted by atomic mass is 9.97. The fourth-order valence-corrected chi connectivity index (χ4v) is 3.14. The van der Waals surface area contributed by atoms with Crippen LogP contribution >= 0.6 is 0 Å². The van der Waals surface area contributed by atoms with Gasteiger partial charge in [0.05, 0.1) is 18.2 Å². The number of carbonyl (C=O) groups is 1. The first-order valence-corrected chi connectivity index (χ1v) is 8.26. The maximum absolute atomic E-state index is 12.1. The van der Waals surface area contributed by atoms with Crippen LogP contribution in [-0.2, 0) is 4.79 Å². The lowest BCUT2D eigenvalue weighted by molar-refractivity contribution is -0.120. The average Bonchev–Trinajstić information content (AvgIpc) is 2.98. The summed E-state index contributed by atoms with van der Waals surface area (Å²) in [7, 11) is 0. The summed E-state index contributed by atoms with van der Waals surface area (Å²) in [5.41, 5.74) is 1.49. The van der Waals surface area contributed by atoms with Gasteiger partial charge in [-0.2, -0.15) is 5.26 Å². The van der Waals surface area contributed by atoms with Crippen LogP contribution < -0.4 is 10.6 Å². The topological polar surface area (TPSA) is 64.9 Å². The van der Waals surface area contributed by atoms with Gasteiger partial charge in [-0.1, -0.05) is 26.2 Å². The molecule has 22 heavy (non-hydrogen) atoms. The first-order valence-electron chi connectivity index (χ1n) is 8.26. The number of amides is 1. The fraction of sp³-hybridized carbons (Fsp3) is 0.556. The van der Waals surface area contributed by atoms with E-state index in [0.29, 0.717) is 17.5 Å². The van der Waals surface area contributed by atoms with Crippen molar-refractivity contribution in [3.63, 3.8) is 0 Å². The van der Waals surface area contributed by atoms with Crippen LogP contribution in [0.5, 0.6) is 0 Å². The maximum Gasteiger partial charge on any atom is 0.239 e. The highest BCUT2D eigenvalue weighted by Gasteiger charge is 2.27. The smallest absolute Gasteiger partial charge is 0.239 e. The molecule has 0 saturated heterocycles. The minimum atomic E-state index is 0.0535. The van der Waals surface area contributed by atoms with Gasteiger partial charge in [-0.05, 0) is 49.4 Å². The Labute approximate surface area is 132 Å². The van der Waals surface area contributed by atoms with Crippen molar-refractivity contribution >= 4 is 11.6 Å². The summed E-state index contributed by atoms with van der Waals surface area (Å²) >= 11 is 0. The van der Waals surface area contributed by atoms with E-state index in [1.165, 1.54) is 32.1 Å². The van der Waals surface area contributed by atoms with Crippen molar-refractivity contribution in [2.75, 3.05) is 11.9 Å². The molecule has 0 aliphatic heterocycles. The zero-order valence-electron chi connectivity index (χ0n) is 13.3. The Hall–Kier alpha value is -2.02. The summed E-state index contributed by atoms with van der Waals surface area (Å²) in [6.45, 7) is 2.49. The minimum Gasteiger partial charge on any atom is -0.376 e. The number of anilines is 1. The number of nitrogens with zero attached hydrogens (tertiary/aromatic N) is 1. The standard InChI is InChI=1S/C18H25N3O/c1-2-3-5-15-6-4-7-17(15)21-18(22)13-20-16-10-8-14(12-19)9-11-16/h8-11,15,17,20H,2-7,13H2,1H3,(H,21,22). The van der Waals surface area contributed by atoms with Crippen molar-refractivity contribution in [1.29, 1.82) is 5.26 Å². The molecule has 0 bridgehead atoms.